The maximum Gasteiger partial charge on any atom is 0.270 e. The highest BCUT2D eigenvalue weighted by Gasteiger charge is 2.31. The van der Waals surface area contributed by atoms with Crippen LogP contribution in [-0.4, -0.2) is 50.7 Å². The fourth-order valence-electron chi connectivity index (χ4n) is 4.73. The van der Waals surface area contributed by atoms with Crippen LogP contribution in [0.3, 0.4) is 0 Å². The number of carbonyl (C=O) groups is 2. The normalized spacial score (nSPS) is 13.5. The average Bonchev–Trinajstić information content (AvgIpc) is 3.34. The van der Waals surface area contributed by atoms with Gasteiger partial charge in [-0.1, -0.05) is 60.7 Å². The largest absolute Gasteiger partial charge is 0.354 e. The molecule has 1 aliphatic heterocycles. The first-order valence-electron chi connectivity index (χ1n) is 13.5. The van der Waals surface area contributed by atoms with Gasteiger partial charge in [0.15, 0.2) is 0 Å². The van der Waals surface area contributed by atoms with Crippen molar-refractivity contribution in [1.82, 2.24) is 4.90 Å². The van der Waals surface area contributed by atoms with Gasteiger partial charge in [-0.25, -0.2) is 8.42 Å². The highest BCUT2D eigenvalue weighted by atomic mass is 32.2. The Balaban J connectivity index is 1.53. The zero-order valence-corrected chi connectivity index (χ0v) is 24.7. The molecule has 1 heterocycles. The number of hydrogen-bond donors (Lipinski definition) is 2. The van der Waals surface area contributed by atoms with Crippen LogP contribution in [0.5, 0.6) is 0 Å². The minimum Gasteiger partial charge on any atom is -0.354 e. The molecule has 12 heteroatoms. The van der Waals surface area contributed by atoms with E-state index in [1.54, 1.807) is 93.0 Å². The van der Waals surface area contributed by atoms with Crippen molar-refractivity contribution in [3.05, 3.63) is 130 Å². The number of carbonyl (C=O) groups excluding carboxylic acids is 2. The molecule has 0 aromatic heterocycles. The van der Waals surface area contributed by atoms with Gasteiger partial charge in [-0.2, -0.15) is 0 Å². The quantitative estimate of drug-likeness (QED) is 0.147. The minimum atomic E-state index is -3.95. The molecule has 2 N–H and O–H groups in total. The number of nitrogens with one attached hydrogen (secondary N) is 2. The number of nitrogens with zero attached hydrogens (tertiary/aromatic N) is 3. The highest BCUT2D eigenvalue weighted by molar-refractivity contribution is 7.92. The summed E-state index contributed by atoms with van der Waals surface area (Å²) in [4.78, 5) is 38.1. The molecule has 0 fully saturated rings. The van der Waals surface area contributed by atoms with Crippen LogP contribution in [0.1, 0.15) is 16.7 Å². The van der Waals surface area contributed by atoms with Gasteiger partial charge in [-0.15, -0.1) is 0 Å². The third kappa shape index (κ3) is 6.45. The molecule has 0 unspecified atom stereocenters. The number of nitro groups is 1. The van der Waals surface area contributed by atoms with Gasteiger partial charge in [0, 0.05) is 43.2 Å². The third-order valence-corrected chi connectivity index (χ3v) is 8.71. The molecule has 44 heavy (non-hydrogen) atoms. The SMILES string of the molecule is CN(C)C(=O)CN(c1ccc(N/C(=C2\C(=O)Nc3ccc([N+](=O)[O-])cc32)c2ccccc2)cc1)S(=O)(=O)Cc1ccccc1. The number of hydrogen-bond acceptors (Lipinski definition) is 7. The first-order valence-corrected chi connectivity index (χ1v) is 15.2. The number of fused-ring (bicyclic) bond motifs is 1. The van der Waals surface area contributed by atoms with Gasteiger partial charge in [-0.05, 0) is 41.5 Å². The van der Waals surface area contributed by atoms with Crippen molar-refractivity contribution >= 4 is 55.9 Å². The first kappa shape index (κ1) is 30.0. The Bertz CT molecular complexity index is 1860. The molecule has 224 valence electrons. The van der Waals surface area contributed by atoms with Crippen molar-refractivity contribution in [2.24, 2.45) is 0 Å². The molecule has 2 amide bonds. The van der Waals surface area contributed by atoms with Crippen LogP contribution in [0.25, 0.3) is 11.3 Å². The number of rotatable bonds is 10. The predicted molar refractivity (Wildman–Crippen MR) is 170 cm³/mol. The lowest BCUT2D eigenvalue weighted by Gasteiger charge is -2.26. The lowest BCUT2D eigenvalue weighted by molar-refractivity contribution is -0.384. The van der Waals surface area contributed by atoms with Crippen LogP contribution in [0.2, 0.25) is 0 Å². The van der Waals surface area contributed by atoms with Crippen LogP contribution in [0.4, 0.5) is 22.7 Å². The molecule has 11 nitrogen and oxygen atoms in total. The lowest BCUT2D eigenvalue weighted by atomic mass is 9.99. The van der Waals surface area contributed by atoms with Gasteiger partial charge in [0.25, 0.3) is 11.6 Å². The fourth-order valence-corrected chi connectivity index (χ4v) is 6.25. The van der Waals surface area contributed by atoms with Gasteiger partial charge >= 0.3 is 0 Å². The Morgan fingerprint density at radius 3 is 2.16 bits per heavy atom. The van der Waals surface area contributed by atoms with Crippen molar-refractivity contribution in [1.29, 1.82) is 0 Å². The zero-order valence-electron chi connectivity index (χ0n) is 23.9. The number of benzene rings is 4. The molecule has 5 rings (SSSR count). The minimum absolute atomic E-state index is 0.154. The van der Waals surface area contributed by atoms with E-state index in [1.807, 2.05) is 6.07 Å². The van der Waals surface area contributed by atoms with E-state index in [0.717, 1.165) is 4.31 Å². The second-order valence-corrected chi connectivity index (χ2v) is 12.2. The van der Waals surface area contributed by atoms with Gasteiger partial charge in [0.2, 0.25) is 15.9 Å². The molecular weight excluding hydrogens is 582 g/mol. The molecule has 4 aromatic carbocycles. The summed E-state index contributed by atoms with van der Waals surface area (Å²) in [6.07, 6.45) is 0. The van der Waals surface area contributed by atoms with E-state index in [0.29, 0.717) is 33.8 Å². The van der Waals surface area contributed by atoms with Crippen LogP contribution in [-0.2, 0) is 25.4 Å². The Kier molecular flexibility index (Phi) is 8.45. The molecule has 0 spiro atoms. The van der Waals surface area contributed by atoms with Crippen LogP contribution < -0.4 is 14.9 Å². The number of non-ortho nitro benzene ring substituents is 1. The molecule has 0 saturated carbocycles. The van der Waals surface area contributed by atoms with Gasteiger partial charge in [0.05, 0.1) is 27.6 Å². The van der Waals surface area contributed by atoms with Crippen molar-refractivity contribution < 1.29 is 22.9 Å². The Morgan fingerprint density at radius 2 is 1.55 bits per heavy atom. The Morgan fingerprint density at radius 1 is 0.909 bits per heavy atom. The van der Waals surface area contributed by atoms with E-state index in [9.17, 15) is 28.1 Å². The van der Waals surface area contributed by atoms with Crippen molar-refractivity contribution in [3.8, 4) is 0 Å². The van der Waals surface area contributed by atoms with E-state index in [4.69, 9.17) is 0 Å². The maximum atomic E-state index is 13.5. The van der Waals surface area contributed by atoms with Gasteiger partial charge in [-0.3, -0.25) is 24.0 Å². The van der Waals surface area contributed by atoms with E-state index in [2.05, 4.69) is 10.6 Å². The van der Waals surface area contributed by atoms with E-state index in [-0.39, 0.29) is 35.2 Å². The molecule has 0 radical (unpaired) electrons. The topological polar surface area (TPSA) is 142 Å². The van der Waals surface area contributed by atoms with E-state index < -0.39 is 20.9 Å². The monoisotopic (exact) mass is 611 g/mol. The summed E-state index contributed by atoms with van der Waals surface area (Å²) in [7, 11) is -0.838. The zero-order chi connectivity index (χ0) is 31.4. The molecule has 0 bridgehead atoms. The van der Waals surface area contributed by atoms with Crippen molar-refractivity contribution in [2.75, 3.05) is 35.6 Å². The lowest BCUT2D eigenvalue weighted by Crippen LogP contribution is -2.41. The molecular formula is C32H29N5O6S. The molecule has 0 saturated heterocycles. The average molecular weight is 612 g/mol. The standard InChI is InChI=1S/C32H29N5O6S/c1-35(2)29(38)20-36(44(42,43)21-22-9-5-3-6-10-22)25-15-13-24(14-16-25)33-31(23-11-7-4-8-12-23)30-27-19-26(37(40)41)17-18-28(27)34-32(30)39/h3-19,33H,20-21H2,1-2H3,(H,34,39)/b31-30-. The fraction of sp³-hybridized carbons (Fsp3) is 0.125. The molecule has 0 aliphatic carbocycles. The maximum absolute atomic E-state index is 13.5. The summed E-state index contributed by atoms with van der Waals surface area (Å²) in [6, 6.07) is 28.4. The summed E-state index contributed by atoms with van der Waals surface area (Å²) in [6.45, 7) is -0.385. The van der Waals surface area contributed by atoms with Crippen LogP contribution in [0, 0.1) is 10.1 Å². The number of sulfonamides is 1. The van der Waals surface area contributed by atoms with Crippen LogP contribution >= 0.6 is 0 Å². The summed E-state index contributed by atoms with van der Waals surface area (Å²) < 4.78 is 28.2. The van der Waals surface area contributed by atoms with E-state index >= 15 is 0 Å². The Hall–Kier alpha value is -5.49. The van der Waals surface area contributed by atoms with Gasteiger partial charge < -0.3 is 15.5 Å². The summed E-state index contributed by atoms with van der Waals surface area (Å²) in [5.74, 6) is -1.11. The third-order valence-electron chi connectivity index (χ3n) is 7.00. The molecule has 0 atom stereocenters. The van der Waals surface area contributed by atoms with E-state index in [1.165, 1.54) is 23.1 Å². The second kappa shape index (κ2) is 12.4. The van der Waals surface area contributed by atoms with Gasteiger partial charge in [0.1, 0.15) is 6.54 Å². The number of likely N-dealkylation sites (N-methyl/N-ethyl adjacent to an activating group) is 1. The summed E-state index contributed by atoms with van der Waals surface area (Å²) in [5.41, 5.74) is 3.36. The van der Waals surface area contributed by atoms with Crippen molar-refractivity contribution in [2.45, 2.75) is 5.75 Å². The number of amides is 2. The number of nitro benzene ring substituents is 1. The Labute approximate surface area is 254 Å². The predicted octanol–water partition coefficient (Wildman–Crippen LogP) is 4.95. The number of anilines is 3. The van der Waals surface area contributed by atoms with Crippen molar-refractivity contribution in [3.63, 3.8) is 0 Å². The van der Waals surface area contributed by atoms with Crippen LogP contribution in [0.15, 0.2) is 103 Å². The second-order valence-electron chi connectivity index (χ2n) is 10.3. The highest BCUT2D eigenvalue weighted by Crippen LogP contribution is 2.39. The molecule has 4 aromatic rings. The summed E-state index contributed by atoms with van der Waals surface area (Å²) in [5, 5.41) is 17.5. The smallest absolute Gasteiger partial charge is 0.270 e. The summed E-state index contributed by atoms with van der Waals surface area (Å²) >= 11 is 0. The first-order chi connectivity index (χ1) is 21.0. The molecule has 1 aliphatic rings.